The highest BCUT2D eigenvalue weighted by molar-refractivity contribution is 5.79. The molecule has 1 atom stereocenters. The van der Waals surface area contributed by atoms with E-state index in [-0.39, 0.29) is 6.10 Å². The number of benzene rings is 1. The van der Waals surface area contributed by atoms with Crippen molar-refractivity contribution in [1.82, 2.24) is 15.6 Å². The number of pyridine rings is 1. The van der Waals surface area contributed by atoms with Crippen molar-refractivity contribution >= 4 is 11.8 Å². The Hall–Kier alpha value is -2.96. The largest absolute Gasteiger partial charge is 0.494 e. The van der Waals surface area contributed by atoms with Crippen LogP contribution in [0.15, 0.2) is 35.3 Å². The van der Waals surface area contributed by atoms with Crippen molar-refractivity contribution in [2.45, 2.75) is 46.4 Å². The summed E-state index contributed by atoms with van der Waals surface area (Å²) in [5.74, 6) is 3.50. The molecule has 1 aromatic carbocycles. The van der Waals surface area contributed by atoms with E-state index in [1.54, 1.807) is 0 Å². The van der Waals surface area contributed by atoms with Gasteiger partial charge < -0.3 is 25.0 Å². The summed E-state index contributed by atoms with van der Waals surface area (Å²) in [5.41, 5.74) is 3.19. The van der Waals surface area contributed by atoms with Crippen molar-refractivity contribution < 1.29 is 9.47 Å². The molecule has 0 fully saturated rings. The molecule has 7 nitrogen and oxygen atoms in total. The van der Waals surface area contributed by atoms with E-state index in [2.05, 4.69) is 41.6 Å². The molecule has 0 amide bonds. The zero-order valence-corrected chi connectivity index (χ0v) is 18.7. The molecule has 162 valence electrons. The van der Waals surface area contributed by atoms with Gasteiger partial charge in [-0.25, -0.2) is 9.98 Å². The van der Waals surface area contributed by atoms with Crippen LogP contribution in [0.4, 0.5) is 5.82 Å². The number of guanidine groups is 1. The predicted octanol–water partition coefficient (Wildman–Crippen LogP) is 3.13. The lowest BCUT2D eigenvalue weighted by atomic mass is 10.1. The quantitative estimate of drug-likeness (QED) is 0.514. The molecule has 0 radical (unpaired) electrons. The second kappa shape index (κ2) is 10.2. The Labute approximate surface area is 179 Å². The summed E-state index contributed by atoms with van der Waals surface area (Å²) >= 11 is 0. The van der Waals surface area contributed by atoms with Crippen molar-refractivity contribution in [1.29, 1.82) is 0 Å². The summed E-state index contributed by atoms with van der Waals surface area (Å²) in [6, 6.07) is 10.2. The maximum atomic E-state index is 5.92. The van der Waals surface area contributed by atoms with Gasteiger partial charge in [-0.2, -0.15) is 0 Å². The van der Waals surface area contributed by atoms with E-state index in [0.717, 1.165) is 47.5 Å². The highest BCUT2D eigenvalue weighted by Gasteiger charge is 2.21. The summed E-state index contributed by atoms with van der Waals surface area (Å²) in [6.07, 6.45) is 1.12. The van der Waals surface area contributed by atoms with Crippen LogP contribution >= 0.6 is 0 Å². The lowest BCUT2D eigenvalue weighted by Gasteiger charge is -2.15. The molecule has 0 saturated carbocycles. The van der Waals surface area contributed by atoms with Crippen LogP contribution in [0, 0.1) is 0 Å². The molecular weight excluding hydrogens is 378 g/mol. The molecule has 3 rings (SSSR count). The van der Waals surface area contributed by atoms with Crippen LogP contribution in [0.1, 0.15) is 37.6 Å². The van der Waals surface area contributed by atoms with Crippen molar-refractivity contribution in [2.24, 2.45) is 4.99 Å². The SMILES string of the molecule is CCNC(=NCc1cc2c(cc1OCC)CC(C)O2)NCc1cccc(N(C)C)n1. The number of rotatable bonds is 8. The van der Waals surface area contributed by atoms with Gasteiger partial charge in [-0.3, -0.25) is 0 Å². The summed E-state index contributed by atoms with van der Waals surface area (Å²) < 4.78 is 11.8. The maximum Gasteiger partial charge on any atom is 0.191 e. The third-order valence-corrected chi connectivity index (χ3v) is 4.82. The first-order valence-electron chi connectivity index (χ1n) is 10.6. The number of anilines is 1. The monoisotopic (exact) mass is 411 g/mol. The Morgan fingerprint density at radius 1 is 1.27 bits per heavy atom. The zero-order chi connectivity index (χ0) is 21.5. The van der Waals surface area contributed by atoms with Crippen LogP contribution in [0.3, 0.4) is 0 Å². The lowest BCUT2D eigenvalue weighted by molar-refractivity contribution is 0.254. The van der Waals surface area contributed by atoms with Gasteiger partial charge in [-0.1, -0.05) is 6.07 Å². The van der Waals surface area contributed by atoms with Crippen molar-refractivity contribution in [2.75, 3.05) is 32.1 Å². The molecule has 0 saturated heterocycles. The minimum Gasteiger partial charge on any atom is -0.494 e. The van der Waals surface area contributed by atoms with Crippen molar-refractivity contribution in [3.63, 3.8) is 0 Å². The average Bonchev–Trinajstić information content (AvgIpc) is 3.09. The van der Waals surface area contributed by atoms with E-state index in [4.69, 9.17) is 14.5 Å². The molecule has 2 heterocycles. The van der Waals surface area contributed by atoms with Crippen LogP contribution in [-0.4, -0.2) is 44.3 Å². The number of hydrogen-bond donors (Lipinski definition) is 2. The molecule has 2 aromatic rings. The molecule has 1 aliphatic rings. The fourth-order valence-electron chi connectivity index (χ4n) is 3.39. The normalized spacial score (nSPS) is 15.4. The minimum absolute atomic E-state index is 0.206. The Morgan fingerprint density at radius 3 is 2.83 bits per heavy atom. The fourth-order valence-corrected chi connectivity index (χ4v) is 3.39. The number of aliphatic imine (C=N–C) groups is 1. The van der Waals surface area contributed by atoms with Gasteiger partial charge in [0, 0.05) is 38.2 Å². The number of aromatic nitrogens is 1. The summed E-state index contributed by atoms with van der Waals surface area (Å²) in [7, 11) is 3.98. The second-order valence-electron chi connectivity index (χ2n) is 7.56. The van der Waals surface area contributed by atoms with Crippen molar-refractivity contribution in [3.8, 4) is 11.5 Å². The van der Waals surface area contributed by atoms with E-state index in [9.17, 15) is 0 Å². The van der Waals surface area contributed by atoms with E-state index in [1.807, 2.05) is 44.1 Å². The molecule has 2 N–H and O–H groups in total. The van der Waals surface area contributed by atoms with Crippen molar-refractivity contribution in [3.05, 3.63) is 47.2 Å². The molecule has 1 aromatic heterocycles. The molecule has 7 heteroatoms. The Bertz CT molecular complexity index is 882. The molecule has 0 bridgehead atoms. The van der Waals surface area contributed by atoms with Gasteiger partial charge in [0.05, 0.1) is 25.4 Å². The number of ether oxygens (including phenoxy) is 2. The van der Waals surface area contributed by atoms with Gasteiger partial charge in [0.25, 0.3) is 0 Å². The second-order valence-corrected chi connectivity index (χ2v) is 7.56. The van der Waals surface area contributed by atoms with E-state index < -0.39 is 0 Å². The van der Waals surface area contributed by atoms with Gasteiger partial charge in [0.15, 0.2) is 5.96 Å². The van der Waals surface area contributed by atoms with Crippen LogP contribution < -0.4 is 25.0 Å². The lowest BCUT2D eigenvalue weighted by Crippen LogP contribution is -2.37. The van der Waals surface area contributed by atoms with Crippen LogP contribution in [-0.2, 0) is 19.5 Å². The summed E-state index contributed by atoms with van der Waals surface area (Å²) in [6.45, 7) is 8.64. The van der Waals surface area contributed by atoms with Gasteiger partial charge in [-0.15, -0.1) is 0 Å². The molecular formula is C23H33N5O2. The standard InChI is InChI=1S/C23H33N5O2/c1-6-24-23(26-15-19-9-8-10-22(27-19)28(4)5)25-14-18-13-21-17(11-16(3)30-21)12-20(18)29-7-2/h8-10,12-13,16H,6-7,11,14-15H2,1-5H3,(H2,24,25,26). The molecule has 1 aliphatic heterocycles. The maximum absolute atomic E-state index is 5.92. The first kappa shape index (κ1) is 21.7. The molecule has 0 spiro atoms. The first-order valence-corrected chi connectivity index (χ1v) is 10.6. The third-order valence-electron chi connectivity index (χ3n) is 4.82. The summed E-state index contributed by atoms with van der Waals surface area (Å²) in [4.78, 5) is 11.4. The van der Waals surface area contributed by atoms with Crippen LogP contribution in [0.2, 0.25) is 0 Å². The van der Waals surface area contributed by atoms with Gasteiger partial charge in [0.2, 0.25) is 0 Å². The van der Waals surface area contributed by atoms with Gasteiger partial charge >= 0.3 is 0 Å². The summed E-state index contributed by atoms with van der Waals surface area (Å²) in [5, 5.41) is 6.67. The predicted molar refractivity (Wildman–Crippen MR) is 122 cm³/mol. The number of hydrogen-bond acceptors (Lipinski definition) is 5. The Balaban J connectivity index is 1.73. The highest BCUT2D eigenvalue weighted by atomic mass is 16.5. The van der Waals surface area contributed by atoms with Gasteiger partial charge in [-0.05, 0) is 45.0 Å². The van der Waals surface area contributed by atoms with Gasteiger partial charge in [0.1, 0.15) is 23.4 Å². The zero-order valence-electron chi connectivity index (χ0n) is 18.7. The van der Waals surface area contributed by atoms with E-state index >= 15 is 0 Å². The topological polar surface area (TPSA) is 71.0 Å². The first-order chi connectivity index (χ1) is 14.5. The highest BCUT2D eigenvalue weighted by Crippen LogP contribution is 2.35. The Kier molecular flexibility index (Phi) is 7.38. The Morgan fingerprint density at radius 2 is 2.10 bits per heavy atom. The molecule has 1 unspecified atom stereocenters. The number of fused-ring (bicyclic) bond motifs is 1. The number of nitrogens with zero attached hydrogens (tertiary/aromatic N) is 3. The fraction of sp³-hybridized carbons (Fsp3) is 0.478. The minimum atomic E-state index is 0.206. The molecule has 30 heavy (non-hydrogen) atoms. The molecule has 0 aliphatic carbocycles. The smallest absolute Gasteiger partial charge is 0.191 e. The average molecular weight is 412 g/mol. The number of nitrogens with one attached hydrogen (secondary N) is 2. The third kappa shape index (κ3) is 5.55. The van der Waals surface area contributed by atoms with E-state index in [0.29, 0.717) is 19.7 Å². The van der Waals surface area contributed by atoms with E-state index in [1.165, 1.54) is 5.56 Å². The van der Waals surface area contributed by atoms with Crippen LogP contribution in [0.5, 0.6) is 11.5 Å². The van der Waals surface area contributed by atoms with Crippen LogP contribution in [0.25, 0.3) is 0 Å².